The van der Waals surface area contributed by atoms with Crippen molar-refractivity contribution in [3.05, 3.63) is 33.5 Å². The smallest absolute Gasteiger partial charge is 0.275 e. The van der Waals surface area contributed by atoms with E-state index >= 15 is 0 Å². The minimum Gasteiger partial charge on any atom is -0.376 e. The lowest BCUT2D eigenvalue weighted by Crippen LogP contribution is -2.29. The molecule has 2 unspecified atom stereocenters. The highest BCUT2D eigenvalue weighted by molar-refractivity contribution is 7.14. The molecule has 5 heteroatoms. The number of carbonyl (C=O) groups is 1. The minimum absolute atomic E-state index is 0.240. The number of nitrogens with two attached hydrogens (primary N) is 1. The summed E-state index contributed by atoms with van der Waals surface area (Å²) in [5.74, 6) is 6.19. The van der Waals surface area contributed by atoms with Gasteiger partial charge >= 0.3 is 0 Å². The third-order valence-electron chi connectivity index (χ3n) is 3.88. The van der Waals surface area contributed by atoms with Crippen LogP contribution in [-0.2, 0) is 11.3 Å². The van der Waals surface area contributed by atoms with E-state index in [1.807, 2.05) is 13.0 Å². The molecule has 1 aliphatic carbocycles. The van der Waals surface area contributed by atoms with Crippen molar-refractivity contribution in [1.29, 1.82) is 0 Å². The summed E-state index contributed by atoms with van der Waals surface area (Å²) in [5.41, 5.74) is 3.23. The van der Waals surface area contributed by atoms with Crippen LogP contribution in [0, 0.1) is 18.8 Å². The second kappa shape index (κ2) is 7.02. The molecule has 0 saturated carbocycles. The highest BCUT2D eigenvalue weighted by Gasteiger charge is 2.18. The molecule has 20 heavy (non-hydrogen) atoms. The van der Waals surface area contributed by atoms with Gasteiger partial charge in [0.15, 0.2) is 0 Å². The van der Waals surface area contributed by atoms with Crippen molar-refractivity contribution in [3.63, 3.8) is 0 Å². The zero-order valence-electron chi connectivity index (χ0n) is 12.0. The number of nitrogen functional groups attached to an aromatic ring is 1. The molecule has 4 nitrogen and oxygen atoms in total. The van der Waals surface area contributed by atoms with E-state index in [-0.39, 0.29) is 5.91 Å². The van der Waals surface area contributed by atoms with Gasteiger partial charge in [-0.15, -0.1) is 11.3 Å². The van der Waals surface area contributed by atoms with Gasteiger partial charge in [0.2, 0.25) is 0 Å². The van der Waals surface area contributed by atoms with Gasteiger partial charge in [-0.05, 0) is 43.2 Å². The van der Waals surface area contributed by atoms with Crippen molar-refractivity contribution < 1.29 is 9.53 Å². The first-order valence-electron chi connectivity index (χ1n) is 6.94. The van der Waals surface area contributed by atoms with Crippen LogP contribution in [0.15, 0.2) is 18.2 Å². The molecule has 0 radical (unpaired) electrons. The first-order chi connectivity index (χ1) is 9.61. The van der Waals surface area contributed by atoms with Gasteiger partial charge in [0.1, 0.15) is 0 Å². The van der Waals surface area contributed by atoms with Gasteiger partial charge in [-0.3, -0.25) is 10.2 Å². The molecule has 1 aromatic heterocycles. The number of hydrogen-bond donors (Lipinski definition) is 2. The average Bonchev–Trinajstić information content (AvgIpc) is 2.81. The predicted octanol–water partition coefficient (Wildman–Crippen LogP) is 2.78. The molecule has 2 atom stereocenters. The Kier molecular flexibility index (Phi) is 5.34. The topological polar surface area (TPSA) is 64.4 Å². The number of rotatable bonds is 5. The molecular formula is C15H22N2O2S. The summed E-state index contributed by atoms with van der Waals surface area (Å²) in [6.07, 6.45) is 6.74. The monoisotopic (exact) mass is 294 g/mol. The number of aryl methyl sites for hydroxylation is 1. The molecule has 2 rings (SSSR count). The fraction of sp³-hybridized carbons (Fsp3) is 0.533. The van der Waals surface area contributed by atoms with Gasteiger partial charge in [0.25, 0.3) is 5.91 Å². The summed E-state index contributed by atoms with van der Waals surface area (Å²) in [5, 5.41) is 0. The summed E-state index contributed by atoms with van der Waals surface area (Å²) in [4.78, 5) is 13.2. The van der Waals surface area contributed by atoms with E-state index in [4.69, 9.17) is 10.6 Å². The Morgan fingerprint density at radius 3 is 2.95 bits per heavy atom. The second-order valence-corrected chi connectivity index (χ2v) is 6.62. The molecule has 0 aliphatic heterocycles. The van der Waals surface area contributed by atoms with Gasteiger partial charge in [-0.2, -0.15) is 0 Å². The molecule has 0 spiro atoms. The lowest BCUT2D eigenvalue weighted by molar-refractivity contribution is 0.0679. The lowest BCUT2D eigenvalue weighted by atomic mass is 9.85. The Morgan fingerprint density at radius 2 is 2.25 bits per heavy atom. The number of hydrogen-bond acceptors (Lipinski definition) is 4. The van der Waals surface area contributed by atoms with Gasteiger partial charge in [0.05, 0.1) is 18.1 Å². The molecule has 0 fully saturated rings. The fourth-order valence-corrected chi connectivity index (χ4v) is 3.34. The molecule has 1 amide bonds. The molecule has 0 aromatic carbocycles. The van der Waals surface area contributed by atoms with Crippen LogP contribution in [0.3, 0.4) is 0 Å². The van der Waals surface area contributed by atoms with Crippen LogP contribution < -0.4 is 11.3 Å². The van der Waals surface area contributed by atoms with E-state index in [1.165, 1.54) is 11.3 Å². The van der Waals surface area contributed by atoms with Crippen molar-refractivity contribution in [1.82, 2.24) is 5.43 Å². The molecule has 1 aliphatic rings. The molecule has 0 saturated heterocycles. The summed E-state index contributed by atoms with van der Waals surface area (Å²) in [7, 11) is 0. The van der Waals surface area contributed by atoms with Crippen LogP contribution in [0.5, 0.6) is 0 Å². The fourth-order valence-electron chi connectivity index (χ4n) is 2.41. The lowest BCUT2D eigenvalue weighted by Gasteiger charge is -2.24. The summed E-state index contributed by atoms with van der Waals surface area (Å²) in [6.45, 7) is 5.62. The van der Waals surface area contributed by atoms with Gasteiger partial charge in [0, 0.05) is 4.88 Å². The summed E-state index contributed by atoms with van der Waals surface area (Å²) in [6, 6.07) is 1.87. The summed E-state index contributed by atoms with van der Waals surface area (Å²) >= 11 is 1.45. The molecule has 1 heterocycles. The first kappa shape index (κ1) is 15.2. The Morgan fingerprint density at radius 1 is 1.50 bits per heavy atom. The highest BCUT2D eigenvalue weighted by atomic mass is 32.1. The van der Waals surface area contributed by atoms with Crippen molar-refractivity contribution >= 4 is 17.2 Å². The Balaban J connectivity index is 1.86. The Labute approximate surface area is 124 Å². The van der Waals surface area contributed by atoms with Crippen molar-refractivity contribution in [2.24, 2.45) is 17.7 Å². The van der Waals surface area contributed by atoms with Crippen molar-refractivity contribution in [3.8, 4) is 0 Å². The number of thiophene rings is 1. The molecular weight excluding hydrogens is 272 g/mol. The quantitative estimate of drug-likeness (QED) is 0.380. The Hall–Kier alpha value is -1.17. The number of carbonyl (C=O) groups excluding carboxylic acids is 1. The van der Waals surface area contributed by atoms with E-state index in [0.717, 1.165) is 29.9 Å². The van der Waals surface area contributed by atoms with Crippen LogP contribution in [-0.4, -0.2) is 12.5 Å². The average molecular weight is 294 g/mol. The zero-order valence-corrected chi connectivity index (χ0v) is 12.8. The number of hydrazine groups is 1. The minimum atomic E-state index is -0.240. The largest absolute Gasteiger partial charge is 0.376 e. The zero-order chi connectivity index (χ0) is 14.5. The predicted molar refractivity (Wildman–Crippen MR) is 81.4 cm³/mol. The maximum Gasteiger partial charge on any atom is 0.275 e. The van der Waals surface area contributed by atoms with Crippen LogP contribution >= 0.6 is 11.3 Å². The van der Waals surface area contributed by atoms with E-state index in [0.29, 0.717) is 23.3 Å². The third kappa shape index (κ3) is 3.69. The highest BCUT2D eigenvalue weighted by Crippen LogP contribution is 2.26. The molecule has 3 N–H and O–H groups in total. The first-order valence-corrected chi connectivity index (χ1v) is 7.76. The van der Waals surface area contributed by atoms with E-state index < -0.39 is 0 Å². The van der Waals surface area contributed by atoms with Gasteiger partial charge < -0.3 is 4.74 Å². The number of ether oxygens (including phenoxy) is 1. The molecule has 110 valence electrons. The van der Waals surface area contributed by atoms with Crippen molar-refractivity contribution in [2.75, 3.05) is 6.61 Å². The Bertz CT molecular complexity index is 496. The normalized spacial score (nSPS) is 21.9. The third-order valence-corrected chi connectivity index (χ3v) is 4.97. The van der Waals surface area contributed by atoms with Crippen LogP contribution in [0.4, 0.5) is 0 Å². The number of nitrogens with one attached hydrogen (secondary N) is 1. The van der Waals surface area contributed by atoms with Gasteiger partial charge in [-0.1, -0.05) is 19.1 Å². The van der Waals surface area contributed by atoms with E-state index in [1.54, 1.807) is 0 Å². The maximum absolute atomic E-state index is 11.5. The number of allylic oxidation sites excluding steroid dienone is 2. The van der Waals surface area contributed by atoms with Crippen LogP contribution in [0.2, 0.25) is 0 Å². The SMILES string of the molecule is Cc1sc(C(=O)NN)cc1COCC1CC=CCC1C. The maximum atomic E-state index is 11.5. The second-order valence-electron chi connectivity index (χ2n) is 5.36. The van der Waals surface area contributed by atoms with E-state index in [9.17, 15) is 4.79 Å². The molecule has 1 aromatic rings. The van der Waals surface area contributed by atoms with E-state index in [2.05, 4.69) is 24.5 Å². The number of amides is 1. The van der Waals surface area contributed by atoms with Crippen LogP contribution in [0.25, 0.3) is 0 Å². The molecule has 0 bridgehead atoms. The van der Waals surface area contributed by atoms with Crippen molar-refractivity contribution in [2.45, 2.75) is 33.3 Å². The summed E-state index contributed by atoms with van der Waals surface area (Å²) < 4.78 is 5.85. The van der Waals surface area contributed by atoms with Gasteiger partial charge in [-0.25, -0.2) is 5.84 Å². The standard InChI is InChI=1S/C15H22N2O2S/c1-10-5-3-4-6-12(10)8-19-9-13-7-14(15(18)17-16)20-11(13)2/h3-4,7,10,12H,5-6,8-9,16H2,1-2H3,(H,17,18). The van der Waals surface area contributed by atoms with Crippen LogP contribution in [0.1, 0.15) is 39.9 Å².